The highest BCUT2D eigenvalue weighted by Crippen LogP contribution is 2.37. The Bertz CT molecular complexity index is 249. The van der Waals surface area contributed by atoms with Crippen molar-refractivity contribution in [3.63, 3.8) is 0 Å². The van der Waals surface area contributed by atoms with E-state index in [-0.39, 0.29) is 22.6 Å². The molecule has 0 saturated carbocycles. The lowest BCUT2D eigenvalue weighted by molar-refractivity contribution is -0.124. The number of hydrogen-bond acceptors (Lipinski definition) is 2. The standard InChI is InChI=1S/C12H24O2Si/c1-7-8-10(13)9-11(14)15(5,6)12(2,3)4/h7-9H2,1-6H3. The molecule has 3 heteroatoms. The molecule has 15 heavy (non-hydrogen) atoms. The van der Waals surface area contributed by atoms with Crippen LogP contribution in [-0.4, -0.2) is 19.3 Å². The number of hydrogen-bond donors (Lipinski definition) is 0. The average Bonchev–Trinajstić information content (AvgIpc) is 2.02. The first-order chi connectivity index (χ1) is 6.63. The summed E-state index contributed by atoms with van der Waals surface area (Å²) in [5.41, 5.74) is 0. The summed E-state index contributed by atoms with van der Waals surface area (Å²) < 4.78 is 0. The molecule has 0 aromatic carbocycles. The zero-order valence-corrected chi connectivity index (χ0v) is 11.9. The van der Waals surface area contributed by atoms with Crippen molar-refractivity contribution in [3.8, 4) is 0 Å². The Morgan fingerprint density at radius 1 is 1.13 bits per heavy atom. The smallest absolute Gasteiger partial charge is 0.139 e. The van der Waals surface area contributed by atoms with Gasteiger partial charge < -0.3 is 4.79 Å². The third-order valence-electron chi connectivity index (χ3n) is 3.46. The Balaban J connectivity index is 4.52. The molecule has 2 nitrogen and oxygen atoms in total. The summed E-state index contributed by atoms with van der Waals surface area (Å²) in [6.45, 7) is 12.4. The van der Waals surface area contributed by atoms with Gasteiger partial charge in [-0.25, -0.2) is 0 Å². The second-order valence-corrected chi connectivity index (χ2v) is 11.1. The lowest BCUT2D eigenvalue weighted by Crippen LogP contribution is -2.46. The summed E-state index contributed by atoms with van der Waals surface area (Å²) >= 11 is 0. The van der Waals surface area contributed by atoms with Gasteiger partial charge in [-0.1, -0.05) is 40.8 Å². The van der Waals surface area contributed by atoms with Gasteiger partial charge >= 0.3 is 0 Å². The van der Waals surface area contributed by atoms with Crippen molar-refractivity contribution in [3.05, 3.63) is 0 Å². The van der Waals surface area contributed by atoms with Crippen LogP contribution in [0.4, 0.5) is 0 Å². The van der Waals surface area contributed by atoms with Crippen LogP contribution in [0.1, 0.15) is 47.0 Å². The van der Waals surface area contributed by atoms with Gasteiger partial charge in [0.1, 0.15) is 19.3 Å². The summed E-state index contributed by atoms with van der Waals surface area (Å²) in [6, 6.07) is 0. The molecule has 0 saturated heterocycles. The quantitative estimate of drug-likeness (QED) is 0.534. The van der Waals surface area contributed by atoms with E-state index >= 15 is 0 Å². The summed E-state index contributed by atoms with van der Waals surface area (Å²) in [7, 11) is -1.96. The summed E-state index contributed by atoms with van der Waals surface area (Å²) in [5.74, 6) is 0.104. The van der Waals surface area contributed by atoms with E-state index in [4.69, 9.17) is 0 Å². The van der Waals surface area contributed by atoms with Gasteiger partial charge in [0, 0.05) is 6.42 Å². The second kappa shape index (κ2) is 5.06. The predicted octanol–water partition coefficient (Wildman–Crippen LogP) is 3.36. The van der Waals surface area contributed by atoms with Crippen molar-refractivity contribution in [1.82, 2.24) is 0 Å². The monoisotopic (exact) mass is 228 g/mol. The van der Waals surface area contributed by atoms with Gasteiger partial charge in [-0.3, -0.25) is 4.79 Å². The maximum atomic E-state index is 12.0. The van der Waals surface area contributed by atoms with Crippen LogP contribution >= 0.6 is 0 Å². The van der Waals surface area contributed by atoms with Crippen LogP contribution in [0, 0.1) is 0 Å². The van der Waals surface area contributed by atoms with Gasteiger partial charge in [-0.05, 0) is 11.5 Å². The largest absolute Gasteiger partial charge is 0.305 e. The van der Waals surface area contributed by atoms with E-state index < -0.39 is 8.07 Å². The van der Waals surface area contributed by atoms with Crippen molar-refractivity contribution < 1.29 is 9.59 Å². The number of Topliss-reactive ketones (excluding diaryl/α,β-unsaturated/α-hetero) is 1. The Hall–Kier alpha value is -0.443. The van der Waals surface area contributed by atoms with Crippen LogP contribution in [0.25, 0.3) is 0 Å². The van der Waals surface area contributed by atoms with Crippen LogP contribution in [0.2, 0.25) is 18.1 Å². The molecule has 88 valence electrons. The van der Waals surface area contributed by atoms with Crippen molar-refractivity contribution in [2.75, 3.05) is 0 Å². The summed E-state index contributed by atoms with van der Waals surface area (Å²) in [4.78, 5) is 23.5. The molecule has 0 N–H and O–H groups in total. The Kier molecular flexibility index (Phi) is 4.91. The molecule has 0 aliphatic rings. The van der Waals surface area contributed by atoms with Crippen LogP contribution in [0.5, 0.6) is 0 Å². The summed E-state index contributed by atoms with van der Waals surface area (Å²) in [5, 5.41) is 0.241. The molecule has 0 atom stereocenters. The minimum Gasteiger partial charge on any atom is -0.305 e. The normalized spacial score (nSPS) is 12.7. The molecule has 0 heterocycles. The van der Waals surface area contributed by atoms with Crippen molar-refractivity contribution >= 4 is 19.3 Å². The third-order valence-corrected chi connectivity index (χ3v) is 8.78. The van der Waals surface area contributed by atoms with Crippen molar-refractivity contribution in [2.45, 2.75) is 65.1 Å². The zero-order chi connectivity index (χ0) is 12.3. The van der Waals surface area contributed by atoms with E-state index in [9.17, 15) is 9.59 Å². The third kappa shape index (κ3) is 3.90. The first kappa shape index (κ1) is 14.6. The molecule has 0 bridgehead atoms. The first-order valence-electron chi connectivity index (χ1n) is 5.68. The van der Waals surface area contributed by atoms with Crippen LogP contribution in [0.15, 0.2) is 0 Å². The fourth-order valence-corrected chi connectivity index (χ4v) is 2.66. The fourth-order valence-electron chi connectivity index (χ4n) is 1.19. The average molecular weight is 228 g/mol. The van der Waals surface area contributed by atoms with Crippen LogP contribution in [-0.2, 0) is 9.59 Å². The molecule has 0 aromatic heterocycles. The highest BCUT2D eigenvalue weighted by Gasteiger charge is 2.42. The number of rotatable bonds is 5. The fraction of sp³-hybridized carbons (Fsp3) is 0.833. The van der Waals surface area contributed by atoms with E-state index in [0.29, 0.717) is 6.42 Å². The molecular formula is C12H24O2Si. The molecule has 0 amide bonds. The lowest BCUT2D eigenvalue weighted by atomic mass is 10.2. The molecule has 0 spiro atoms. The molecule has 0 fully saturated rings. The van der Waals surface area contributed by atoms with Gasteiger partial charge in [0.25, 0.3) is 0 Å². The number of ketones is 1. The SMILES string of the molecule is CCCC(=O)CC(=O)[Si](C)(C)C(C)(C)C. The molecule has 0 radical (unpaired) electrons. The number of carbonyl (C=O) groups excluding carboxylic acids is 2. The van der Waals surface area contributed by atoms with Gasteiger partial charge in [0.2, 0.25) is 0 Å². The predicted molar refractivity (Wildman–Crippen MR) is 66.7 cm³/mol. The molecular weight excluding hydrogens is 204 g/mol. The maximum Gasteiger partial charge on any atom is 0.139 e. The van der Waals surface area contributed by atoms with E-state index in [1.54, 1.807) is 0 Å². The second-order valence-electron chi connectivity index (χ2n) is 5.76. The van der Waals surface area contributed by atoms with E-state index in [1.807, 2.05) is 6.92 Å². The molecule has 0 aromatic rings. The topological polar surface area (TPSA) is 34.1 Å². The molecule has 0 rings (SSSR count). The Morgan fingerprint density at radius 2 is 1.60 bits per heavy atom. The molecule has 0 aliphatic carbocycles. The minimum atomic E-state index is -1.96. The van der Waals surface area contributed by atoms with Gasteiger partial charge in [-0.15, -0.1) is 0 Å². The first-order valence-corrected chi connectivity index (χ1v) is 8.68. The summed E-state index contributed by atoms with van der Waals surface area (Å²) in [6.07, 6.45) is 1.54. The van der Waals surface area contributed by atoms with Gasteiger partial charge in [0.15, 0.2) is 0 Å². The van der Waals surface area contributed by atoms with Crippen LogP contribution in [0.3, 0.4) is 0 Å². The van der Waals surface area contributed by atoms with E-state index in [1.165, 1.54) is 0 Å². The van der Waals surface area contributed by atoms with Crippen LogP contribution < -0.4 is 0 Å². The van der Waals surface area contributed by atoms with Gasteiger partial charge in [0.05, 0.1) is 6.42 Å². The number of carbonyl (C=O) groups is 2. The molecule has 0 aliphatic heterocycles. The van der Waals surface area contributed by atoms with Gasteiger partial charge in [-0.2, -0.15) is 0 Å². The molecule has 0 unspecified atom stereocenters. The van der Waals surface area contributed by atoms with Crippen molar-refractivity contribution in [2.24, 2.45) is 0 Å². The minimum absolute atomic E-state index is 0.0383. The maximum absolute atomic E-state index is 12.0. The highest BCUT2D eigenvalue weighted by atomic mass is 28.3. The van der Waals surface area contributed by atoms with E-state index in [2.05, 4.69) is 33.9 Å². The zero-order valence-electron chi connectivity index (χ0n) is 10.9. The Labute approximate surface area is 94.5 Å². The van der Waals surface area contributed by atoms with Crippen molar-refractivity contribution in [1.29, 1.82) is 0 Å². The lowest BCUT2D eigenvalue weighted by Gasteiger charge is -2.34. The van der Waals surface area contributed by atoms with E-state index in [0.717, 1.165) is 6.42 Å². The Morgan fingerprint density at radius 3 is 1.93 bits per heavy atom. The highest BCUT2D eigenvalue weighted by molar-refractivity contribution is 7.06.